The fraction of sp³-hybridized carbons (Fsp3) is 1.00. The van der Waals surface area contributed by atoms with Crippen LogP contribution in [-0.4, -0.2) is 62.7 Å². The molecule has 1 aliphatic rings. The molecule has 0 aromatic rings. The molecule has 1 rings (SSSR count). The van der Waals surface area contributed by atoms with Gasteiger partial charge < -0.3 is 10.2 Å². The summed E-state index contributed by atoms with van der Waals surface area (Å²) in [6, 6.07) is 0.728. The molecule has 1 N–H and O–H groups in total. The zero-order chi connectivity index (χ0) is 12.8. The summed E-state index contributed by atoms with van der Waals surface area (Å²) in [7, 11) is 4.33. The van der Waals surface area contributed by atoms with Crippen molar-refractivity contribution in [1.29, 1.82) is 0 Å². The van der Waals surface area contributed by atoms with Crippen LogP contribution in [0.5, 0.6) is 0 Å². The van der Waals surface area contributed by atoms with Crippen molar-refractivity contribution < 1.29 is 0 Å². The molecule has 0 radical (unpaired) electrons. The van der Waals surface area contributed by atoms with E-state index in [1.165, 1.54) is 32.6 Å². The van der Waals surface area contributed by atoms with Crippen molar-refractivity contribution >= 4 is 0 Å². The Morgan fingerprint density at radius 2 is 1.94 bits per heavy atom. The maximum absolute atomic E-state index is 3.55. The Morgan fingerprint density at radius 3 is 2.47 bits per heavy atom. The number of nitrogens with one attached hydrogen (secondary N) is 1. The van der Waals surface area contributed by atoms with Crippen LogP contribution in [0.3, 0.4) is 0 Å². The van der Waals surface area contributed by atoms with Gasteiger partial charge in [0.1, 0.15) is 0 Å². The van der Waals surface area contributed by atoms with Crippen molar-refractivity contribution in [1.82, 2.24) is 15.1 Å². The molecule has 0 aromatic heterocycles. The Kier molecular flexibility index (Phi) is 6.45. The van der Waals surface area contributed by atoms with E-state index in [1.54, 1.807) is 0 Å². The molecule has 1 heterocycles. The number of rotatable bonds is 6. The molecule has 102 valence electrons. The standard InChI is InChI=1S/C14H31N3/c1-12(2)11-17(9-8-16(4)5)14-10-15-7-6-13(14)3/h12-15H,6-11H2,1-5H3. The first-order valence-electron chi connectivity index (χ1n) is 7.10. The minimum absolute atomic E-state index is 0.728. The molecule has 17 heavy (non-hydrogen) atoms. The predicted molar refractivity (Wildman–Crippen MR) is 75.4 cm³/mol. The van der Waals surface area contributed by atoms with Crippen LogP contribution in [0.15, 0.2) is 0 Å². The summed E-state index contributed by atoms with van der Waals surface area (Å²) in [5.41, 5.74) is 0. The SMILES string of the molecule is CC(C)CN(CCN(C)C)C1CNCCC1C. The molecule has 0 bridgehead atoms. The highest BCUT2D eigenvalue weighted by Crippen LogP contribution is 2.18. The third-order valence-corrected chi connectivity index (χ3v) is 3.69. The van der Waals surface area contributed by atoms with Gasteiger partial charge in [0, 0.05) is 32.2 Å². The van der Waals surface area contributed by atoms with Gasteiger partial charge in [-0.05, 0) is 38.9 Å². The smallest absolute Gasteiger partial charge is 0.0247 e. The molecular formula is C14H31N3. The third kappa shape index (κ3) is 5.36. The van der Waals surface area contributed by atoms with E-state index in [1.807, 2.05) is 0 Å². The monoisotopic (exact) mass is 241 g/mol. The Morgan fingerprint density at radius 1 is 1.24 bits per heavy atom. The molecule has 1 aliphatic heterocycles. The second kappa shape index (κ2) is 7.34. The van der Waals surface area contributed by atoms with E-state index < -0.39 is 0 Å². The summed E-state index contributed by atoms with van der Waals surface area (Å²) < 4.78 is 0. The van der Waals surface area contributed by atoms with E-state index in [0.29, 0.717) is 0 Å². The second-order valence-corrected chi connectivity index (χ2v) is 6.23. The van der Waals surface area contributed by atoms with Crippen molar-refractivity contribution in [3.8, 4) is 0 Å². The largest absolute Gasteiger partial charge is 0.315 e. The quantitative estimate of drug-likeness (QED) is 0.760. The summed E-state index contributed by atoms with van der Waals surface area (Å²) in [6.07, 6.45) is 1.32. The Labute approximate surface area is 108 Å². The molecule has 3 heteroatoms. The third-order valence-electron chi connectivity index (χ3n) is 3.69. The molecule has 0 spiro atoms. The number of piperidine rings is 1. The summed E-state index contributed by atoms with van der Waals surface area (Å²) in [4.78, 5) is 4.98. The number of hydrogen-bond donors (Lipinski definition) is 1. The predicted octanol–water partition coefficient (Wildman–Crippen LogP) is 1.50. The van der Waals surface area contributed by atoms with Gasteiger partial charge in [-0.25, -0.2) is 0 Å². The highest BCUT2D eigenvalue weighted by atomic mass is 15.2. The highest BCUT2D eigenvalue weighted by Gasteiger charge is 2.27. The van der Waals surface area contributed by atoms with Crippen molar-refractivity contribution in [2.75, 3.05) is 46.8 Å². The lowest BCUT2D eigenvalue weighted by molar-refractivity contribution is 0.101. The first-order chi connectivity index (χ1) is 8.00. The van der Waals surface area contributed by atoms with E-state index in [9.17, 15) is 0 Å². The fourth-order valence-electron chi connectivity index (χ4n) is 2.65. The number of likely N-dealkylation sites (N-methyl/N-ethyl adjacent to an activating group) is 1. The van der Waals surface area contributed by atoms with Crippen molar-refractivity contribution in [3.05, 3.63) is 0 Å². The molecule has 1 saturated heterocycles. The molecule has 2 unspecified atom stereocenters. The molecule has 2 atom stereocenters. The zero-order valence-corrected chi connectivity index (χ0v) is 12.4. The van der Waals surface area contributed by atoms with Gasteiger partial charge >= 0.3 is 0 Å². The van der Waals surface area contributed by atoms with Crippen LogP contribution < -0.4 is 5.32 Å². The van der Waals surface area contributed by atoms with Crippen molar-refractivity contribution in [2.45, 2.75) is 33.2 Å². The molecule has 0 aromatic carbocycles. The summed E-state index contributed by atoms with van der Waals surface area (Å²) in [5.74, 6) is 1.59. The molecule has 3 nitrogen and oxygen atoms in total. The van der Waals surface area contributed by atoms with Gasteiger partial charge in [-0.15, -0.1) is 0 Å². The molecule has 0 saturated carbocycles. The van der Waals surface area contributed by atoms with E-state index in [2.05, 4.69) is 50.0 Å². The maximum Gasteiger partial charge on any atom is 0.0247 e. The summed E-state index contributed by atoms with van der Waals surface area (Å²) in [5, 5.41) is 3.55. The molecule has 1 fully saturated rings. The van der Waals surface area contributed by atoms with Gasteiger partial charge in [-0.1, -0.05) is 20.8 Å². The van der Waals surface area contributed by atoms with E-state index >= 15 is 0 Å². The first kappa shape index (κ1) is 14.9. The van der Waals surface area contributed by atoms with Gasteiger partial charge in [0.05, 0.1) is 0 Å². The average molecular weight is 241 g/mol. The highest BCUT2D eigenvalue weighted by molar-refractivity contribution is 4.84. The van der Waals surface area contributed by atoms with Gasteiger partial charge in [0.2, 0.25) is 0 Å². The van der Waals surface area contributed by atoms with Crippen LogP contribution in [0.2, 0.25) is 0 Å². The maximum atomic E-state index is 3.55. The van der Waals surface area contributed by atoms with Crippen molar-refractivity contribution in [2.24, 2.45) is 11.8 Å². The van der Waals surface area contributed by atoms with Crippen LogP contribution >= 0.6 is 0 Å². The lowest BCUT2D eigenvalue weighted by Gasteiger charge is -2.40. The fourth-order valence-corrected chi connectivity index (χ4v) is 2.65. The van der Waals surface area contributed by atoms with E-state index in [0.717, 1.165) is 24.4 Å². The lowest BCUT2D eigenvalue weighted by Crippen LogP contribution is -2.52. The van der Waals surface area contributed by atoms with Crippen LogP contribution in [0.1, 0.15) is 27.2 Å². The first-order valence-corrected chi connectivity index (χ1v) is 7.10. The average Bonchev–Trinajstić information content (AvgIpc) is 2.24. The molecule has 0 aliphatic carbocycles. The molecular weight excluding hydrogens is 210 g/mol. The normalized spacial score (nSPS) is 26.1. The lowest BCUT2D eigenvalue weighted by atomic mass is 9.92. The van der Waals surface area contributed by atoms with E-state index in [-0.39, 0.29) is 0 Å². The van der Waals surface area contributed by atoms with Gasteiger partial charge in [-0.3, -0.25) is 4.90 Å². The number of hydrogen-bond acceptors (Lipinski definition) is 3. The summed E-state index contributed by atoms with van der Waals surface area (Å²) in [6.45, 7) is 13.0. The van der Waals surface area contributed by atoms with E-state index in [4.69, 9.17) is 0 Å². The second-order valence-electron chi connectivity index (χ2n) is 6.23. The van der Waals surface area contributed by atoms with Gasteiger partial charge in [0.25, 0.3) is 0 Å². The van der Waals surface area contributed by atoms with Gasteiger partial charge in [0.15, 0.2) is 0 Å². The zero-order valence-electron chi connectivity index (χ0n) is 12.4. The Hall–Kier alpha value is -0.120. The van der Waals surface area contributed by atoms with Gasteiger partial charge in [-0.2, -0.15) is 0 Å². The van der Waals surface area contributed by atoms with Crippen LogP contribution in [-0.2, 0) is 0 Å². The number of nitrogens with zero attached hydrogens (tertiary/aromatic N) is 2. The van der Waals surface area contributed by atoms with Crippen LogP contribution in [0.4, 0.5) is 0 Å². The topological polar surface area (TPSA) is 18.5 Å². The van der Waals surface area contributed by atoms with Crippen molar-refractivity contribution in [3.63, 3.8) is 0 Å². The van der Waals surface area contributed by atoms with Crippen LogP contribution in [0.25, 0.3) is 0 Å². The minimum Gasteiger partial charge on any atom is -0.315 e. The Bertz CT molecular complexity index is 204. The van der Waals surface area contributed by atoms with Crippen LogP contribution in [0, 0.1) is 11.8 Å². The minimum atomic E-state index is 0.728. The molecule has 0 amide bonds. The Balaban J connectivity index is 2.53. The summed E-state index contributed by atoms with van der Waals surface area (Å²) >= 11 is 0.